The van der Waals surface area contributed by atoms with Crippen LogP contribution in [0.2, 0.25) is 0 Å². The summed E-state index contributed by atoms with van der Waals surface area (Å²) in [5.74, 6) is -0.206. The van der Waals surface area contributed by atoms with Gasteiger partial charge in [-0.05, 0) is 6.42 Å². The molecule has 2 N–H and O–H groups in total. The Balaban J connectivity index is 2.71. The minimum atomic E-state index is -2.95. The fourth-order valence-corrected chi connectivity index (χ4v) is 2.77. The van der Waals surface area contributed by atoms with E-state index in [1.807, 2.05) is 6.07 Å². The number of nitriles is 1. The van der Waals surface area contributed by atoms with Gasteiger partial charge >= 0.3 is 0 Å². The van der Waals surface area contributed by atoms with Crippen molar-refractivity contribution in [2.45, 2.75) is 12.5 Å². The van der Waals surface area contributed by atoms with Crippen molar-refractivity contribution < 1.29 is 8.42 Å². The number of nitrogens with zero attached hydrogens (tertiary/aromatic N) is 1. The number of hydrogen-bond acceptors (Lipinski definition) is 4. The lowest BCUT2D eigenvalue weighted by Gasteiger charge is -2.22. The zero-order chi connectivity index (χ0) is 8.48. The third kappa shape index (κ3) is 1.91. The summed E-state index contributed by atoms with van der Waals surface area (Å²) in [5.41, 5.74) is 5.46. The molecule has 1 fully saturated rings. The number of sulfone groups is 1. The van der Waals surface area contributed by atoms with E-state index in [0.29, 0.717) is 6.42 Å². The minimum Gasteiger partial charge on any atom is -0.326 e. The van der Waals surface area contributed by atoms with Crippen LogP contribution >= 0.6 is 0 Å². The van der Waals surface area contributed by atoms with Gasteiger partial charge in [0.1, 0.15) is 0 Å². The SMILES string of the molecule is N#C[C@H]1CCS(=O)(=O)C[C@@H]1N. The lowest BCUT2D eigenvalue weighted by Crippen LogP contribution is -2.42. The van der Waals surface area contributed by atoms with Crippen molar-refractivity contribution in [2.75, 3.05) is 11.5 Å². The maximum Gasteiger partial charge on any atom is 0.151 e. The van der Waals surface area contributed by atoms with Gasteiger partial charge in [-0.1, -0.05) is 0 Å². The molecule has 1 saturated heterocycles. The number of hydrogen-bond donors (Lipinski definition) is 1. The molecule has 4 nitrogen and oxygen atoms in total. The summed E-state index contributed by atoms with van der Waals surface area (Å²) in [6.45, 7) is 0. The maximum absolute atomic E-state index is 10.9. The molecular weight excluding hydrogens is 164 g/mol. The Labute approximate surface area is 65.9 Å². The number of rotatable bonds is 0. The molecule has 0 aromatic carbocycles. The molecule has 0 bridgehead atoms. The lowest BCUT2D eigenvalue weighted by molar-refractivity contribution is 0.490. The highest BCUT2D eigenvalue weighted by Crippen LogP contribution is 2.16. The average Bonchev–Trinajstić information content (AvgIpc) is 1.86. The molecule has 11 heavy (non-hydrogen) atoms. The van der Waals surface area contributed by atoms with Crippen LogP contribution in [0.25, 0.3) is 0 Å². The summed E-state index contributed by atoms with van der Waals surface area (Å²) in [5, 5.41) is 8.51. The van der Waals surface area contributed by atoms with E-state index in [1.54, 1.807) is 0 Å². The second-order valence-corrected chi connectivity index (χ2v) is 5.03. The first-order chi connectivity index (χ1) is 5.05. The zero-order valence-corrected chi connectivity index (χ0v) is 6.84. The Morgan fingerprint density at radius 1 is 1.55 bits per heavy atom. The third-order valence-corrected chi connectivity index (χ3v) is 3.62. The summed E-state index contributed by atoms with van der Waals surface area (Å²) < 4.78 is 21.9. The van der Waals surface area contributed by atoms with Gasteiger partial charge in [0.05, 0.1) is 23.5 Å². The summed E-state index contributed by atoms with van der Waals surface area (Å²) in [6, 6.07) is 1.51. The van der Waals surface area contributed by atoms with Crippen LogP contribution in [0.3, 0.4) is 0 Å². The van der Waals surface area contributed by atoms with Crippen LogP contribution in [0, 0.1) is 17.2 Å². The van der Waals surface area contributed by atoms with Crippen molar-refractivity contribution >= 4 is 9.84 Å². The van der Waals surface area contributed by atoms with Crippen LogP contribution in [-0.4, -0.2) is 26.0 Å². The molecule has 0 radical (unpaired) electrons. The molecule has 0 spiro atoms. The summed E-state index contributed by atoms with van der Waals surface area (Å²) in [7, 11) is -2.95. The first kappa shape index (κ1) is 8.50. The Hall–Kier alpha value is -0.600. The van der Waals surface area contributed by atoms with E-state index < -0.39 is 15.9 Å². The first-order valence-corrected chi connectivity index (χ1v) is 5.23. The molecule has 0 unspecified atom stereocenters. The monoisotopic (exact) mass is 174 g/mol. The predicted molar refractivity (Wildman–Crippen MR) is 40.3 cm³/mol. The standard InChI is InChI=1S/C6H10N2O2S/c7-3-5-1-2-11(9,10)4-6(5)8/h5-6H,1-2,4,8H2/t5-,6+/m1/s1. The van der Waals surface area contributed by atoms with E-state index in [4.69, 9.17) is 11.0 Å². The highest BCUT2D eigenvalue weighted by Gasteiger charge is 2.30. The van der Waals surface area contributed by atoms with Gasteiger partial charge in [-0.3, -0.25) is 0 Å². The first-order valence-electron chi connectivity index (χ1n) is 3.41. The molecule has 1 aliphatic rings. The highest BCUT2D eigenvalue weighted by molar-refractivity contribution is 7.91. The van der Waals surface area contributed by atoms with Crippen molar-refractivity contribution in [2.24, 2.45) is 11.7 Å². The van der Waals surface area contributed by atoms with Gasteiger partial charge in [0.25, 0.3) is 0 Å². The molecule has 1 aliphatic heterocycles. The summed E-state index contributed by atoms with van der Waals surface area (Å²) >= 11 is 0. The zero-order valence-electron chi connectivity index (χ0n) is 6.03. The van der Waals surface area contributed by atoms with Gasteiger partial charge in [-0.15, -0.1) is 0 Å². The van der Waals surface area contributed by atoms with Crippen LogP contribution < -0.4 is 5.73 Å². The fourth-order valence-electron chi connectivity index (χ4n) is 1.17. The van der Waals surface area contributed by atoms with Crippen LogP contribution in [0.1, 0.15) is 6.42 Å². The molecule has 0 aliphatic carbocycles. The third-order valence-electron chi connectivity index (χ3n) is 1.87. The molecule has 0 amide bonds. The Morgan fingerprint density at radius 3 is 2.64 bits per heavy atom. The van der Waals surface area contributed by atoms with Gasteiger partial charge in [-0.2, -0.15) is 5.26 Å². The van der Waals surface area contributed by atoms with Crippen LogP contribution in [0.15, 0.2) is 0 Å². The number of nitrogens with two attached hydrogens (primary N) is 1. The largest absolute Gasteiger partial charge is 0.326 e. The Morgan fingerprint density at radius 2 is 2.18 bits per heavy atom. The molecule has 5 heteroatoms. The highest BCUT2D eigenvalue weighted by atomic mass is 32.2. The van der Waals surface area contributed by atoms with Crippen LogP contribution in [0.4, 0.5) is 0 Å². The van der Waals surface area contributed by atoms with Gasteiger partial charge in [0.15, 0.2) is 9.84 Å². The normalized spacial score (nSPS) is 36.0. The van der Waals surface area contributed by atoms with Crippen molar-refractivity contribution in [3.63, 3.8) is 0 Å². The van der Waals surface area contributed by atoms with Crippen LogP contribution in [0.5, 0.6) is 0 Å². The molecule has 0 aromatic heterocycles. The van der Waals surface area contributed by atoms with E-state index in [0.717, 1.165) is 0 Å². The predicted octanol–water partition coefficient (Wildman–Crippen LogP) is -0.728. The van der Waals surface area contributed by atoms with Gasteiger partial charge < -0.3 is 5.73 Å². The van der Waals surface area contributed by atoms with Crippen molar-refractivity contribution in [3.8, 4) is 6.07 Å². The maximum atomic E-state index is 10.9. The van der Waals surface area contributed by atoms with Gasteiger partial charge in [0.2, 0.25) is 0 Å². The minimum absolute atomic E-state index is 0.0365. The van der Waals surface area contributed by atoms with E-state index in [2.05, 4.69) is 0 Å². The molecule has 2 atom stereocenters. The second-order valence-electron chi connectivity index (χ2n) is 2.80. The molecular formula is C6H10N2O2S. The lowest BCUT2D eigenvalue weighted by atomic mass is 10.0. The Bertz CT molecular complexity index is 277. The Kier molecular flexibility index (Phi) is 2.16. The second kappa shape index (κ2) is 2.80. The van der Waals surface area contributed by atoms with Crippen molar-refractivity contribution in [1.82, 2.24) is 0 Å². The van der Waals surface area contributed by atoms with Crippen LogP contribution in [-0.2, 0) is 9.84 Å². The molecule has 0 aromatic rings. The van der Waals surface area contributed by atoms with E-state index in [9.17, 15) is 8.42 Å². The average molecular weight is 174 g/mol. The quantitative estimate of drug-likeness (QED) is 0.525. The summed E-state index contributed by atoms with van der Waals surface area (Å²) in [6.07, 6.45) is 0.389. The van der Waals surface area contributed by atoms with Crippen molar-refractivity contribution in [1.29, 1.82) is 5.26 Å². The van der Waals surface area contributed by atoms with Gasteiger partial charge in [-0.25, -0.2) is 8.42 Å². The van der Waals surface area contributed by atoms with Crippen molar-refractivity contribution in [3.05, 3.63) is 0 Å². The topological polar surface area (TPSA) is 84.0 Å². The summed E-state index contributed by atoms with van der Waals surface area (Å²) in [4.78, 5) is 0. The van der Waals surface area contributed by atoms with E-state index in [1.165, 1.54) is 0 Å². The van der Waals surface area contributed by atoms with E-state index >= 15 is 0 Å². The fraction of sp³-hybridized carbons (Fsp3) is 0.833. The smallest absolute Gasteiger partial charge is 0.151 e. The van der Waals surface area contributed by atoms with Gasteiger partial charge in [0, 0.05) is 6.04 Å². The van der Waals surface area contributed by atoms with E-state index in [-0.39, 0.29) is 17.4 Å². The molecule has 62 valence electrons. The molecule has 1 rings (SSSR count). The molecule has 1 heterocycles. The molecule has 0 saturated carbocycles.